The molecule has 3 aromatic rings. The van der Waals surface area contributed by atoms with Crippen LogP contribution in [-0.4, -0.2) is 28.0 Å². The Morgan fingerprint density at radius 3 is 2.71 bits per heavy atom. The molecule has 0 fully saturated rings. The maximum atomic E-state index is 11.9. The van der Waals surface area contributed by atoms with E-state index in [1.54, 1.807) is 41.3 Å². The van der Waals surface area contributed by atoms with Crippen LogP contribution in [0.15, 0.2) is 36.7 Å². The van der Waals surface area contributed by atoms with Crippen molar-refractivity contribution in [3.63, 3.8) is 0 Å². The number of esters is 1. The molecule has 2 aromatic heterocycles. The highest BCUT2D eigenvalue weighted by atomic mass is 35.5. The van der Waals surface area contributed by atoms with Crippen LogP contribution < -0.4 is 10.6 Å². The van der Waals surface area contributed by atoms with Crippen molar-refractivity contribution >= 4 is 68.5 Å². The molecule has 0 saturated carbocycles. The van der Waals surface area contributed by atoms with Crippen molar-refractivity contribution in [2.75, 3.05) is 17.7 Å². The van der Waals surface area contributed by atoms with Gasteiger partial charge in [0.05, 0.1) is 31.1 Å². The molecular weight excluding hydrogens is 439 g/mol. The highest BCUT2D eigenvalue weighted by molar-refractivity contribution is 7.80. The molecule has 0 aliphatic rings. The first-order valence-corrected chi connectivity index (χ1v) is 10.1. The molecule has 10 heteroatoms. The largest absolute Gasteiger partial charge is 0.465 e. The molecule has 0 radical (unpaired) electrons. The van der Waals surface area contributed by atoms with Crippen LogP contribution in [0.1, 0.15) is 20.8 Å². The van der Waals surface area contributed by atoms with Crippen molar-refractivity contribution in [2.24, 2.45) is 0 Å². The van der Waals surface area contributed by atoms with Crippen LogP contribution in [0.25, 0.3) is 0 Å². The molecule has 2 N–H and O–H groups in total. The number of halogens is 2. The van der Waals surface area contributed by atoms with Crippen molar-refractivity contribution in [3.05, 3.63) is 62.7 Å². The highest BCUT2D eigenvalue weighted by Crippen LogP contribution is 2.28. The number of aromatic nitrogens is 2. The molecule has 6 nitrogen and oxygen atoms in total. The summed E-state index contributed by atoms with van der Waals surface area (Å²) in [4.78, 5) is 12.8. The number of thiophene rings is 1. The summed E-state index contributed by atoms with van der Waals surface area (Å²) in [5, 5.41) is 12.5. The summed E-state index contributed by atoms with van der Waals surface area (Å²) in [6.45, 7) is 2.33. The van der Waals surface area contributed by atoms with Gasteiger partial charge in [-0.3, -0.25) is 4.68 Å². The van der Waals surface area contributed by atoms with Crippen molar-refractivity contribution in [3.8, 4) is 0 Å². The molecule has 146 valence electrons. The number of methoxy groups -OCH3 is 1. The van der Waals surface area contributed by atoms with E-state index < -0.39 is 5.97 Å². The number of hydrogen-bond acceptors (Lipinski definition) is 5. The van der Waals surface area contributed by atoms with E-state index >= 15 is 0 Å². The molecule has 28 heavy (non-hydrogen) atoms. The minimum atomic E-state index is -0.418. The molecule has 0 unspecified atom stereocenters. The van der Waals surface area contributed by atoms with Gasteiger partial charge in [-0.25, -0.2) is 4.79 Å². The molecule has 0 saturated heterocycles. The van der Waals surface area contributed by atoms with Gasteiger partial charge in [0.25, 0.3) is 0 Å². The summed E-state index contributed by atoms with van der Waals surface area (Å²) >= 11 is 19.2. The third kappa shape index (κ3) is 4.82. The van der Waals surface area contributed by atoms with Crippen LogP contribution in [0.5, 0.6) is 0 Å². The van der Waals surface area contributed by atoms with Gasteiger partial charge in [0.15, 0.2) is 5.11 Å². The number of aryl methyl sites for hydroxylation is 1. The number of hydrogen-bond donors (Lipinski definition) is 2. The molecule has 0 amide bonds. The number of benzene rings is 1. The van der Waals surface area contributed by atoms with Crippen LogP contribution in [-0.2, 0) is 11.3 Å². The average molecular weight is 455 g/mol. The van der Waals surface area contributed by atoms with Gasteiger partial charge in [-0.1, -0.05) is 29.3 Å². The SMILES string of the molecule is COC(=O)c1cc(C)sc1NC(=S)Nc1cnn(Cc2c(Cl)cccc2Cl)c1. The second-order valence-corrected chi connectivity index (χ2v) is 8.28. The highest BCUT2D eigenvalue weighted by Gasteiger charge is 2.16. The molecule has 1 aromatic carbocycles. The van der Waals surface area contributed by atoms with Gasteiger partial charge < -0.3 is 15.4 Å². The third-order valence-corrected chi connectivity index (χ3v) is 5.64. The topological polar surface area (TPSA) is 68.2 Å². The number of thiocarbonyl (C=S) groups is 1. The van der Waals surface area contributed by atoms with Crippen LogP contribution in [0.4, 0.5) is 10.7 Å². The van der Waals surface area contributed by atoms with Crippen molar-refractivity contribution < 1.29 is 9.53 Å². The molecule has 0 spiro atoms. The van der Waals surface area contributed by atoms with Crippen molar-refractivity contribution in [1.82, 2.24) is 9.78 Å². The third-order valence-electron chi connectivity index (χ3n) is 3.76. The van der Waals surface area contributed by atoms with Crippen LogP contribution in [0.2, 0.25) is 10.0 Å². The lowest BCUT2D eigenvalue weighted by molar-refractivity contribution is 0.0602. The lowest BCUT2D eigenvalue weighted by Gasteiger charge is -2.09. The summed E-state index contributed by atoms with van der Waals surface area (Å²) in [6.07, 6.45) is 3.42. The normalized spacial score (nSPS) is 10.6. The summed E-state index contributed by atoms with van der Waals surface area (Å²) in [5.74, 6) is -0.418. The first-order chi connectivity index (χ1) is 13.4. The predicted molar refractivity (Wildman–Crippen MR) is 118 cm³/mol. The molecule has 0 aliphatic heterocycles. The monoisotopic (exact) mass is 454 g/mol. The first kappa shape index (κ1) is 20.6. The number of ether oxygens (including phenoxy) is 1. The van der Waals surface area contributed by atoms with E-state index in [0.717, 1.165) is 10.4 Å². The van der Waals surface area contributed by atoms with E-state index in [9.17, 15) is 4.79 Å². The number of carbonyl (C=O) groups excluding carboxylic acids is 1. The minimum absolute atomic E-state index is 0.335. The Morgan fingerprint density at radius 2 is 2.04 bits per heavy atom. The minimum Gasteiger partial charge on any atom is -0.465 e. The lowest BCUT2D eigenvalue weighted by atomic mass is 10.2. The predicted octanol–water partition coefficient (Wildman–Crippen LogP) is 5.20. The summed E-state index contributed by atoms with van der Waals surface area (Å²) < 4.78 is 6.50. The molecule has 0 aliphatic carbocycles. The van der Waals surface area contributed by atoms with Crippen LogP contribution in [0, 0.1) is 6.92 Å². The fraction of sp³-hybridized carbons (Fsp3) is 0.167. The Balaban J connectivity index is 1.67. The Labute approximate surface area is 181 Å². The van der Waals surface area contributed by atoms with E-state index in [2.05, 4.69) is 15.7 Å². The Morgan fingerprint density at radius 1 is 1.32 bits per heavy atom. The number of nitrogens with one attached hydrogen (secondary N) is 2. The molecule has 0 atom stereocenters. The molecule has 0 bridgehead atoms. The van der Waals surface area contributed by atoms with E-state index in [1.807, 2.05) is 6.92 Å². The zero-order valence-corrected chi connectivity index (χ0v) is 18.1. The fourth-order valence-corrected chi connectivity index (χ4v) is 4.20. The average Bonchev–Trinajstić information content (AvgIpc) is 3.23. The van der Waals surface area contributed by atoms with Gasteiger partial charge in [0.2, 0.25) is 0 Å². The quantitative estimate of drug-likeness (QED) is 0.407. The Kier molecular flexibility index (Phi) is 6.56. The second kappa shape index (κ2) is 8.91. The van der Waals surface area contributed by atoms with Crippen LogP contribution >= 0.6 is 46.8 Å². The Bertz CT molecular complexity index is 1010. The van der Waals surface area contributed by atoms with Gasteiger partial charge in [0, 0.05) is 26.7 Å². The standard InChI is InChI=1S/C18H16Cl2N4O2S2/c1-10-6-12(17(25)26-2)16(28-10)23-18(27)22-11-7-21-24(8-11)9-13-14(19)4-3-5-15(13)20/h3-8H,9H2,1-2H3,(H2,22,23,27). The van der Waals surface area contributed by atoms with Crippen molar-refractivity contribution in [1.29, 1.82) is 0 Å². The van der Waals surface area contributed by atoms with Crippen molar-refractivity contribution in [2.45, 2.75) is 13.5 Å². The number of anilines is 2. The van der Waals surface area contributed by atoms with E-state index in [-0.39, 0.29) is 0 Å². The van der Waals surface area contributed by atoms with E-state index in [1.165, 1.54) is 18.4 Å². The van der Waals surface area contributed by atoms with E-state index in [4.69, 9.17) is 40.2 Å². The Hall–Kier alpha value is -2.13. The van der Waals surface area contributed by atoms with Gasteiger partial charge in [-0.2, -0.15) is 5.10 Å². The lowest BCUT2D eigenvalue weighted by Crippen LogP contribution is -2.19. The van der Waals surface area contributed by atoms with E-state index in [0.29, 0.717) is 38.0 Å². The van der Waals surface area contributed by atoms with Gasteiger partial charge in [-0.05, 0) is 37.3 Å². The first-order valence-electron chi connectivity index (χ1n) is 8.09. The number of rotatable bonds is 5. The smallest absolute Gasteiger partial charge is 0.340 e. The number of carbonyl (C=O) groups is 1. The maximum Gasteiger partial charge on any atom is 0.340 e. The van der Waals surface area contributed by atoms with Gasteiger partial charge >= 0.3 is 5.97 Å². The zero-order chi connectivity index (χ0) is 20.3. The summed E-state index contributed by atoms with van der Waals surface area (Å²) in [7, 11) is 1.34. The summed E-state index contributed by atoms with van der Waals surface area (Å²) in [6, 6.07) is 7.12. The maximum absolute atomic E-state index is 11.9. The second-order valence-electron chi connectivity index (χ2n) is 5.80. The van der Waals surface area contributed by atoms with Crippen LogP contribution in [0.3, 0.4) is 0 Å². The summed E-state index contributed by atoms with van der Waals surface area (Å²) in [5.41, 5.74) is 1.92. The molecule has 2 heterocycles. The fourth-order valence-electron chi connectivity index (χ4n) is 2.49. The molecule has 3 rings (SSSR count). The zero-order valence-electron chi connectivity index (χ0n) is 15.0. The number of nitrogens with zero attached hydrogens (tertiary/aromatic N) is 2. The molecular formula is C18H16Cl2N4O2S2. The van der Waals surface area contributed by atoms with Gasteiger partial charge in [0.1, 0.15) is 5.00 Å². The van der Waals surface area contributed by atoms with Gasteiger partial charge in [-0.15, -0.1) is 11.3 Å².